The standard InChI is InChI=1S/Er.3O.Sm/q+3;3*-2;+3. The fraction of sp³-hybridized carbons (Fsp3) is 0. The van der Waals surface area contributed by atoms with Gasteiger partial charge in [0.15, 0.2) is 0 Å². The van der Waals surface area contributed by atoms with E-state index < -0.39 is 0 Å². The molecule has 0 saturated heterocycles. The fourth-order valence-corrected chi connectivity index (χ4v) is 0. The van der Waals surface area contributed by atoms with Crippen molar-refractivity contribution in [2.24, 2.45) is 0 Å². The Morgan fingerprint density at radius 3 is 0.600 bits per heavy atom. The van der Waals surface area contributed by atoms with Gasteiger partial charge in [-0.3, -0.25) is 0 Å². The summed E-state index contributed by atoms with van der Waals surface area (Å²) >= 11 is 0. The quantitative estimate of drug-likeness (QED) is 0.562. The molecule has 0 aromatic rings. The molecule has 0 aromatic carbocycles. The van der Waals surface area contributed by atoms with Crippen molar-refractivity contribution in [3.8, 4) is 0 Å². The van der Waals surface area contributed by atoms with Gasteiger partial charge in [0.1, 0.15) is 0 Å². The molecule has 0 saturated carbocycles. The van der Waals surface area contributed by atoms with Crippen molar-refractivity contribution in [2.75, 3.05) is 0 Å². The number of hydrogen-bond donors (Lipinski definition) is 0. The molecular weight excluding hydrogens is 366 g/mol. The summed E-state index contributed by atoms with van der Waals surface area (Å²) in [5, 5.41) is 0. The van der Waals surface area contributed by atoms with Crippen molar-refractivity contribution in [1.82, 2.24) is 0 Å². The zero-order valence-corrected chi connectivity index (χ0v) is 6.39. The van der Waals surface area contributed by atoms with E-state index in [0.717, 1.165) is 0 Å². The molecular formula is ErO3Sm. The molecule has 0 atom stereocenters. The Morgan fingerprint density at radius 2 is 0.600 bits per heavy atom. The third kappa shape index (κ3) is 21.2. The van der Waals surface area contributed by atoms with Crippen LogP contribution in [0.15, 0.2) is 0 Å². The predicted molar refractivity (Wildman–Crippen MR) is 2.06 cm³/mol. The summed E-state index contributed by atoms with van der Waals surface area (Å²) in [6.07, 6.45) is 0. The summed E-state index contributed by atoms with van der Waals surface area (Å²) in [6, 6.07) is 0. The average molecular weight is 366 g/mol. The van der Waals surface area contributed by atoms with Gasteiger partial charge in [-0.15, -0.1) is 0 Å². The van der Waals surface area contributed by atoms with Crippen LogP contribution in [0.2, 0.25) is 0 Å². The van der Waals surface area contributed by atoms with Crippen molar-refractivity contribution in [3.05, 3.63) is 0 Å². The van der Waals surface area contributed by atoms with Crippen molar-refractivity contribution in [3.63, 3.8) is 0 Å². The van der Waals surface area contributed by atoms with Crippen LogP contribution in [0, 0.1) is 77.7 Å². The third-order valence-corrected chi connectivity index (χ3v) is 0. The second-order valence-corrected chi connectivity index (χ2v) is 0. The smallest absolute Gasteiger partial charge is 2.00 e. The molecule has 0 aliphatic carbocycles. The molecule has 3 nitrogen and oxygen atoms in total. The fourth-order valence-electron chi connectivity index (χ4n) is 0. The van der Waals surface area contributed by atoms with E-state index in [9.17, 15) is 0 Å². The molecule has 0 aromatic heterocycles. The summed E-state index contributed by atoms with van der Waals surface area (Å²) in [5.41, 5.74) is 0. The van der Waals surface area contributed by atoms with E-state index >= 15 is 0 Å². The van der Waals surface area contributed by atoms with Crippen LogP contribution in [0.25, 0.3) is 0 Å². The van der Waals surface area contributed by atoms with E-state index in [1.165, 1.54) is 0 Å². The Balaban J connectivity index is 0. The summed E-state index contributed by atoms with van der Waals surface area (Å²) in [7, 11) is 0. The second kappa shape index (κ2) is 31.8. The molecule has 0 fully saturated rings. The molecule has 0 heterocycles. The molecule has 5 heteroatoms. The predicted octanol–water partition coefficient (Wildman–Crippen LogP) is -0.356. The third-order valence-electron chi connectivity index (χ3n) is 0. The molecule has 0 aliphatic rings. The maximum absolute atomic E-state index is 0. The van der Waals surface area contributed by atoms with E-state index in [2.05, 4.69) is 0 Å². The first-order valence-electron chi connectivity index (χ1n) is 0. The van der Waals surface area contributed by atoms with E-state index in [1.807, 2.05) is 0 Å². The van der Waals surface area contributed by atoms with E-state index in [0.29, 0.717) is 0 Å². The molecule has 0 amide bonds. The first kappa shape index (κ1) is 51.4. The first-order valence-corrected chi connectivity index (χ1v) is 0. The monoisotopic (exact) mass is 366 g/mol. The minimum Gasteiger partial charge on any atom is -2.00 e. The average Bonchev–Trinajstić information content (AvgIpc) is 0. The van der Waals surface area contributed by atoms with Crippen LogP contribution in [0.4, 0.5) is 0 Å². The molecule has 5 heavy (non-hydrogen) atoms. The van der Waals surface area contributed by atoms with Gasteiger partial charge in [0.2, 0.25) is 0 Å². The van der Waals surface area contributed by atoms with Crippen LogP contribution in [-0.4, -0.2) is 0 Å². The van der Waals surface area contributed by atoms with Crippen molar-refractivity contribution in [2.45, 2.75) is 0 Å². The van der Waals surface area contributed by atoms with Gasteiger partial charge >= 0.3 is 77.7 Å². The van der Waals surface area contributed by atoms with Crippen LogP contribution in [-0.2, 0) is 16.4 Å². The first-order chi connectivity index (χ1) is 0. The Bertz CT molecular complexity index is 6.85. The van der Waals surface area contributed by atoms with Crippen LogP contribution in [0.5, 0.6) is 0 Å². The van der Waals surface area contributed by atoms with Gasteiger partial charge in [0, 0.05) is 0 Å². The van der Waals surface area contributed by atoms with Crippen LogP contribution >= 0.6 is 0 Å². The van der Waals surface area contributed by atoms with Crippen molar-refractivity contribution >= 4 is 0 Å². The zero-order valence-electron chi connectivity index (χ0n) is 1.92. The topological polar surface area (TPSA) is 85.5 Å². The molecule has 0 spiro atoms. The SMILES string of the molecule is [Er+3].[O-2].[O-2].[O-2].[Sm+3]. The molecule has 2 radical (unpaired) electrons. The number of rotatable bonds is 0. The van der Waals surface area contributed by atoms with E-state index in [1.54, 1.807) is 0 Å². The van der Waals surface area contributed by atoms with Crippen LogP contribution < -0.4 is 0 Å². The Morgan fingerprint density at radius 1 is 0.600 bits per heavy atom. The molecule has 0 unspecified atom stereocenters. The zero-order chi connectivity index (χ0) is 0. The van der Waals surface area contributed by atoms with Gasteiger partial charge in [0.05, 0.1) is 0 Å². The summed E-state index contributed by atoms with van der Waals surface area (Å²) in [5.74, 6) is 0. The van der Waals surface area contributed by atoms with E-state index in [-0.39, 0.29) is 94.1 Å². The van der Waals surface area contributed by atoms with Crippen molar-refractivity contribution < 1.29 is 94.1 Å². The normalized spacial score (nSPS) is 0. The Hall–Kier alpha value is 2.46. The van der Waals surface area contributed by atoms with Gasteiger partial charge in [0.25, 0.3) is 0 Å². The molecule has 0 aliphatic heterocycles. The van der Waals surface area contributed by atoms with Gasteiger partial charge in [-0.2, -0.15) is 0 Å². The van der Waals surface area contributed by atoms with Gasteiger partial charge < -0.3 is 16.4 Å². The van der Waals surface area contributed by atoms with Crippen molar-refractivity contribution in [1.29, 1.82) is 0 Å². The molecule has 0 bridgehead atoms. The van der Waals surface area contributed by atoms with E-state index in [4.69, 9.17) is 0 Å². The maximum Gasteiger partial charge on any atom is 3.00 e. The molecule has 0 rings (SSSR count). The Kier molecular flexibility index (Phi) is 326. The maximum atomic E-state index is 0. The molecule has 36 valence electrons. The minimum atomic E-state index is 0. The van der Waals surface area contributed by atoms with Gasteiger partial charge in [-0.1, -0.05) is 0 Å². The van der Waals surface area contributed by atoms with Crippen LogP contribution in [0.1, 0.15) is 0 Å². The number of hydrogen-bond acceptors (Lipinski definition) is 0. The second-order valence-electron chi connectivity index (χ2n) is 0. The van der Waals surface area contributed by atoms with Gasteiger partial charge in [-0.25, -0.2) is 0 Å². The largest absolute Gasteiger partial charge is 3.00 e. The summed E-state index contributed by atoms with van der Waals surface area (Å²) in [6.45, 7) is 0. The van der Waals surface area contributed by atoms with Gasteiger partial charge in [-0.05, 0) is 0 Å². The minimum absolute atomic E-state index is 0. The Labute approximate surface area is 92.1 Å². The van der Waals surface area contributed by atoms with Crippen LogP contribution in [0.3, 0.4) is 0 Å². The summed E-state index contributed by atoms with van der Waals surface area (Å²) in [4.78, 5) is 0. The molecule has 0 N–H and O–H groups in total. The summed E-state index contributed by atoms with van der Waals surface area (Å²) < 4.78 is 0.